The number of fused-ring (bicyclic) bond motifs is 1. The summed E-state index contributed by atoms with van der Waals surface area (Å²) in [4.78, 5) is 8.03. The third kappa shape index (κ3) is 3.31. The standard InChI is InChI=1S/C24H23N3/c1-16-13-18-11-12-26-24(18)22(17(16)2)10-9-21-8-7-20(15-27-21)23-6-4-3-5-19(23)14-25/h3-12,15-17,22,26H,13H2,1-2H3/b10-9+/t16-,17+,22-/m0/s1. The molecule has 134 valence electrons. The Morgan fingerprint density at radius 1 is 1.15 bits per heavy atom. The van der Waals surface area contributed by atoms with Crippen molar-refractivity contribution in [1.29, 1.82) is 5.26 Å². The Bertz CT molecular complexity index is 1000. The van der Waals surface area contributed by atoms with Crippen molar-refractivity contribution < 1.29 is 0 Å². The number of aromatic amines is 1. The number of nitrogens with one attached hydrogen (secondary N) is 1. The summed E-state index contributed by atoms with van der Waals surface area (Å²) in [6.45, 7) is 4.67. The third-order valence-electron chi connectivity index (χ3n) is 5.83. The summed E-state index contributed by atoms with van der Waals surface area (Å²) in [6, 6.07) is 16.1. The lowest BCUT2D eigenvalue weighted by molar-refractivity contribution is 0.329. The summed E-state index contributed by atoms with van der Waals surface area (Å²) < 4.78 is 0. The zero-order valence-electron chi connectivity index (χ0n) is 15.7. The Labute approximate surface area is 160 Å². The molecule has 0 saturated carbocycles. The molecule has 3 aromatic rings. The fraction of sp³-hybridized carbons (Fsp3) is 0.250. The van der Waals surface area contributed by atoms with Gasteiger partial charge < -0.3 is 4.98 Å². The zero-order valence-corrected chi connectivity index (χ0v) is 15.7. The highest BCUT2D eigenvalue weighted by Crippen LogP contribution is 2.39. The fourth-order valence-electron chi connectivity index (χ4n) is 4.02. The van der Waals surface area contributed by atoms with E-state index >= 15 is 0 Å². The smallest absolute Gasteiger partial charge is 0.0998 e. The van der Waals surface area contributed by atoms with Crippen LogP contribution in [0.1, 0.15) is 42.3 Å². The van der Waals surface area contributed by atoms with E-state index in [2.05, 4.69) is 54.3 Å². The van der Waals surface area contributed by atoms with Gasteiger partial charge in [-0.15, -0.1) is 0 Å². The molecule has 4 rings (SSSR count). The van der Waals surface area contributed by atoms with Crippen molar-refractivity contribution in [2.24, 2.45) is 11.8 Å². The van der Waals surface area contributed by atoms with Crippen molar-refractivity contribution >= 4 is 6.08 Å². The predicted octanol–water partition coefficient (Wildman–Crippen LogP) is 5.57. The molecule has 27 heavy (non-hydrogen) atoms. The van der Waals surface area contributed by atoms with Gasteiger partial charge >= 0.3 is 0 Å². The highest BCUT2D eigenvalue weighted by Gasteiger charge is 2.30. The molecule has 2 heterocycles. The molecule has 0 fully saturated rings. The van der Waals surface area contributed by atoms with Crippen molar-refractivity contribution in [3.05, 3.63) is 83.4 Å². The van der Waals surface area contributed by atoms with E-state index in [0.717, 1.165) is 23.2 Å². The molecular formula is C24H23N3. The minimum Gasteiger partial charge on any atom is -0.364 e. The van der Waals surface area contributed by atoms with Gasteiger partial charge in [0.05, 0.1) is 17.3 Å². The first-order valence-electron chi connectivity index (χ1n) is 9.47. The highest BCUT2D eigenvalue weighted by molar-refractivity contribution is 5.70. The van der Waals surface area contributed by atoms with E-state index in [1.807, 2.05) is 42.6 Å². The average Bonchev–Trinajstić information content (AvgIpc) is 3.16. The molecule has 0 bridgehead atoms. The largest absolute Gasteiger partial charge is 0.364 e. The van der Waals surface area contributed by atoms with Crippen LogP contribution >= 0.6 is 0 Å². The van der Waals surface area contributed by atoms with Crippen LogP contribution in [0.4, 0.5) is 0 Å². The first-order chi connectivity index (χ1) is 13.2. The van der Waals surface area contributed by atoms with E-state index < -0.39 is 0 Å². The molecule has 1 aliphatic carbocycles. The number of nitrogens with zero attached hydrogens (tertiary/aromatic N) is 2. The van der Waals surface area contributed by atoms with Gasteiger partial charge in [0, 0.05) is 35.1 Å². The van der Waals surface area contributed by atoms with Crippen LogP contribution in [0.2, 0.25) is 0 Å². The van der Waals surface area contributed by atoms with Gasteiger partial charge in [-0.3, -0.25) is 4.98 Å². The minimum atomic E-state index is 0.388. The van der Waals surface area contributed by atoms with Gasteiger partial charge in [0.15, 0.2) is 0 Å². The van der Waals surface area contributed by atoms with Crippen LogP contribution in [0.25, 0.3) is 17.2 Å². The lowest BCUT2D eigenvalue weighted by Crippen LogP contribution is -2.24. The number of allylic oxidation sites excluding steroid dienone is 1. The Kier molecular flexibility index (Phi) is 4.64. The second-order valence-corrected chi connectivity index (χ2v) is 7.47. The Morgan fingerprint density at radius 3 is 2.78 bits per heavy atom. The summed E-state index contributed by atoms with van der Waals surface area (Å²) in [5.41, 5.74) is 6.28. The molecule has 0 amide bonds. The number of benzene rings is 1. The molecule has 3 nitrogen and oxygen atoms in total. The Balaban J connectivity index is 1.58. The number of rotatable bonds is 3. The first kappa shape index (κ1) is 17.3. The molecular weight excluding hydrogens is 330 g/mol. The van der Waals surface area contributed by atoms with Crippen molar-refractivity contribution in [2.75, 3.05) is 0 Å². The summed E-state index contributed by atoms with van der Waals surface area (Å²) in [7, 11) is 0. The minimum absolute atomic E-state index is 0.388. The first-order valence-corrected chi connectivity index (χ1v) is 9.47. The number of nitriles is 1. The lowest BCUT2D eigenvalue weighted by Gasteiger charge is -2.32. The molecule has 0 spiro atoms. The van der Waals surface area contributed by atoms with E-state index in [9.17, 15) is 5.26 Å². The molecule has 1 N–H and O–H groups in total. The fourth-order valence-corrected chi connectivity index (χ4v) is 4.02. The lowest BCUT2D eigenvalue weighted by atomic mass is 9.73. The third-order valence-corrected chi connectivity index (χ3v) is 5.83. The maximum Gasteiger partial charge on any atom is 0.0998 e. The predicted molar refractivity (Wildman–Crippen MR) is 109 cm³/mol. The van der Waals surface area contributed by atoms with E-state index in [1.54, 1.807) is 0 Å². The van der Waals surface area contributed by atoms with Crippen LogP contribution in [0.3, 0.4) is 0 Å². The van der Waals surface area contributed by atoms with Gasteiger partial charge in [0.1, 0.15) is 0 Å². The van der Waals surface area contributed by atoms with Gasteiger partial charge in [-0.05, 0) is 48.1 Å². The number of hydrogen-bond acceptors (Lipinski definition) is 2. The average molecular weight is 353 g/mol. The topological polar surface area (TPSA) is 52.5 Å². The second-order valence-electron chi connectivity index (χ2n) is 7.47. The van der Waals surface area contributed by atoms with Crippen LogP contribution in [-0.4, -0.2) is 9.97 Å². The van der Waals surface area contributed by atoms with Gasteiger partial charge in [-0.2, -0.15) is 5.26 Å². The van der Waals surface area contributed by atoms with Crippen molar-refractivity contribution in [3.63, 3.8) is 0 Å². The summed E-state index contributed by atoms with van der Waals surface area (Å²) in [6.07, 6.45) is 9.44. The summed E-state index contributed by atoms with van der Waals surface area (Å²) in [5.74, 6) is 1.65. The van der Waals surface area contributed by atoms with E-state index in [0.29, 0.717) is 23.3 Å². The van der Waals surface area contributed by atoms with E-state index in [1.165, 1.54) is 11.3 Å². The summed E-state index contributed by atoms with van der Waals surface area (Å²) in [5, 5.41) is 9.29. The van der Waals surface area contributed by atoms with Crippen LogP contribution in [-0.2, 0) is 6.42 Å². The molecule has 3 atom stereocenters. The normalized spacial score (nSPS) is 21.7. The van der Waals surface area contributed by atoms with Crippen LogP contribution in [0.5, 0.6) is 0 Å². The quantitative estimate of drug-likeness (QED) is 0.669. The molecule has 0 saturated heterocycles. The molecule has 1 aliphatic rings. The Hall–Kier alpha value is -3.12. The second kappa shape index (κ2) is 7.25. The van der Waals surface area contributed by atoms with Gasteiger partial charge in [-0.25, -0.2) is 0 Å². The van der Waals surface area contributed by atoms with Crippen molar-refractivity contribution in [2.45, 2.75) is 26.2 Å². The van der Waals surface area contributed by atoms with Crippen LogP contribution < -0.4 is 0 Å². The van der Waals surface area contributed by atoms with Gasteiger partial charge in [0.2, 0.25) is 0 Å². The molecule has 2 aromatic heterocycles. The van der Waals surface area contributed by atoms with Crippen molar-refractivity contribution in [1.82, 2.24) is 9.97 Å². The number of aromatic nitrogens is 2. The number of pyridine rings is 1. The monoisotopic (exact) mass is 353 g/mol. The zero-order chi connectivity index (χ0) is 18.8. The van der Waals surface area contributed by atoms with E-state index in [4.69, 9.17) is 0 Å². The van der Waals surface area contributed by atoms with Crippen LogP contribution in [0.15, 0.2) is 60.9 Å². The highest BCUT2D eigenvalue weighted by atomic mass is 14.7. The van der Waals surface area contributed by atoms with Gasteiger partial charge in [0.25, 0.3) is 0 Å². The molecule has 1 aromatic carbocycles. The Morgan fingerprint density at radius 2 is 2.00 bits per heavy atom. The maximum absolute atomic E-state index is 9.29. The van der Waals surface area contributed by atoms with Crippen LogP contribution in [0, 0.1) is 23.2 Å². The molecule has 0 aliphatic heterocycles. The van der Waals surface area contributed by atoms with E-state index in [-0.39, 0.29) is 0 Å². The van der Waals surface area contributed by atoms with Gasteiger partial charge in [-0.1, -0.05) is 44.2 Å². The number of hydrogen-bond donors (Lipinski definition) is 1. The maximum atomic E-state index is 9.29. The van der Waals surface area contributed by atoms with Crippen molar-refractivity contribution in [3.8, 4) is 17.2 Å². The summed E-state index contributed by atoms with van der Waals surface area (Å²) >= 11 is 0. The molecule has 3 heteroatoms. The number of H-pyrrole nitrogens is 1. The molecule has 0 unspecified atom stereocenters. The molecule has 0 radical (unpaired) electrons. The SMILES string of the molecule is C[C@H]1[C@H](/C=C/c2ccc(-c3ccccc3C#N)cn2)c2[nH]ccc2C[C@@H]1C.